The van der Waals surface area contributed by atoms with Crippen LogP contribution in [0.4, 0.5) is 4.79 Å². The lowest BCUT2D eigenvalue weighted by atomic mass is 10.1. The summed E-state index contributed by atoms with van der Waals surface area (Å²) in [6, 6.07) is 6.47. The molecule has 1 saturated carbocycles. The van der Waals surface area contributed by atoms with Crippen LogP contribution in [0, 0.1) is 11.8 Å². The van der Waals surface area contributed by atoms with Crippen molar-refractivity contribution < 1.29 is 28.6 Å². The van der Waals surface area contributed by atoms with Crippen molar-refractivity contribution in [1.82, 2.24) is 5.32 Å². The van der Waals surface area contributed by atoms with Gasteiger partial charge in [-0.1, -0.05) is 38.3 Å². The van der Waals surface area contributed by atoms with Gasteiger partial charge in [0.1, 0.15) is 5.75 Å². The van der Waals surface area contributed by atoms with Crippen molar-refractivity contribution in [1.29, 1.82) is 0 Å². The highest BCUT2D eigenvalue weighted by Gasteiger charge is 2.29. The fourth-order valence-electron chi connectivity index (χ4n) is 2.92. The maximum absolute atomic E-state index is 12.2. The number of halogens is 1. The van der Waals surface area contributed by atoms with Crippen LogP contribution >= 0.6 is 11.6 Å². The molecular weight excluding hydrogens is 398 g/mol. The fraction of sp³-hybridized carbons (Fsp3) is 0.571. The Morgan fingerprint density at radius 3 is 2.38 bits per heavy atom. The molecule has 8 heteroatoms. The summed E-state index contributed by atoms with van der Waals surface area (Å²) < 4.78 is 15.8. The predicted octanol–water partition coefficient (Wildman–Crippen LogP) is 4.47. The molecule has 29 heavy (non-hydrogen) atoms. The van der Waals surface area contributed by atoms with Gasteiger partial charge in [0.2, 0.25) is 0 Å². The van der Waals surface area contributed by atoms with E-state index in [0.29, 0.717) is 17.2 Å². The van der Waals surface area contributed by atoms with E-state index in [1.54, 1.807) is 24.3 Å². The normalized spacial score (nSPS) is 15.0. The van der Waals surface area contributed by atoms with Crippen molar-refractivity contribution in [3.63, 3.8) is 0 Å². The van der Waals surface area contributed by atoms with E-state index in [0.717, 1.165) is 25.7 Å². The van der Waals surface area contributed by atoms with Crippen LogP contribution in [-0.2, 0) is 19.1 Å². The highest BCUT2D eigenvalue weighted by atomic mass is 35.5. The summed E-state index contributed by atoms with van der Waals surface area (Å²) in [5.41, 5.74) is 0. The molecule has 1 amide bonds. The Morgan fingerprint density at radius 1 is 1.10 bits per heavy atom. The summed E-state index contributed by atoms with van der Waals surface area (Å²) in [6.07, 6.45) is 2.58. The number of esters is 2. The number of benzene rings is 1. The van der Waals surface area contributed by atoms with Crippen LogP contribution in [0.15, 0.2) is 24.3 Å². The van der Waals surface area contributed by atoms with Crippen molar-refractivity contribution >= 4 is 29.6 Å². The number of amides is 1. The molecule has 1 fully saturated rings. The Kier molecular flexibility index (Phi) is 9.25. The average molecular weight is 426 g/mol. The van der Waals surface area contributed by atoms with Gasteiger partial charge in [-0.05, 0) is 43.5 Å². The van der Waals surface area contributed by atoms with Crippen LogP contribution in [0.25, 0.3) is 0 Å². The summed E-state index contributed by atoms with van der Waals surface area (Å²) >= 11 is 5.78. The molecule has 7 nitrogen and oxygen atoms in total. The van der Waals surface area contributed by atoms with E-state index in [4.69, 9.17) is 25.8 Å². The Balaban J connectivity index is 1.65. The zero-order chi connectivity index (χ0) is 21.2. The molecule has 1 aliphatic rings. The molecule has 0 aromatic heterocycles. The van der Waals surface area contributed by atoms with Gasteiger partial charge in [0, 0.05) is 23.9 Å². The van der Waals surface area contributed by atoms with Crippen LogP contribution in [0.3, 0.4) is 0 Å². The maximum atomic E-state index is 12.2. The predicted molar refractivity (Wildman–Crippen MR) is 107 cm³/mol. The first-order valence-electron chi connectivity index (χ1n) is 9.96. The maximum Gasteiger partial charge on any atom is 0.410 e. The van der Waals surface area contributed by atoms with E-state index in [1.165, 1.54) is 0 Å². The van der Waals surface area contributed by atoms with E-state index >= 15 is 0 Å². The Labute approximate surface area is 176 Å². The molecule has 1 atom stereocenters. The van der Waals surface area contributed by atoms with Crippen molar-refractivity contribution in [2.75, 3.05) is 6.54 Å². The number of carbonyl (C=O) groups is 3. The molecule has 160 valence electrons. The van der Waals surface area contributed by atoms with Gasteiger partial charge in [-0.15, -0.1) is 0 Å². The van der Waals surface area contributed by atoms with Gasteiger partial charge in [0.15, 0.2) is 0 Å². The molecule has 0 spiro atoms. The Morgan fingerprint density at radius 2 is 1.76 bits per heavy atom. The number of rotatable bonds is 9. The smallest absolute Gasteiger partial charge is 0.410 e. The number of alkyl carbamates (subject to hydrolysis) is 1. The average Bonchev–Trinajstić information content (AvgIpc) is 3.21. The Bertz CT molecular complexity index is 685. The lowest BCUT2D eigenvalue weighted by Gasteiger charge is -2.23. The van der Waals surface area contributed by atoms with Gasteiger partial charge in [-0.25, -0.2) is 4.79 Å². The van der Waals surface area contributed by atoms with Crippen LogP contribution in [0.1, 0.15) is 52.4 Å². The minimum absolute atomic E-state index is 0.102. The second-order valence-electron chi connectivity index (χ2n) is 7.39. The Hall–Kier alpha value is -2.28. The molecule has 1 N–H and O–H groups in total. The van der Waals surface area contributed by atoms with Crippen LogP contribution in [0.5, 0.6) is 5.75 Å². The minimum Gasteiger partial charge on any atom is -0.427 e. The van der Waals surface area contributed by atoms with Crippen molar-refractivity contribution in [2.45, 2.75) is 58.7 Å². The zero-order valence-corrected chi connectivity index (χ0v) is 17.6. The third kappa shape index (κ3) is 8.31. The van der Waals surface area contributed by atoms with Crippen molar-refractivity contribution in [2.24, 2.45) is 11.8 Å². The molecule has 0 bridgehead atoms. The number of ether oxygens (including phenoxy) is 3. The third-order valence-corrected chi connectivity index (χ3v) is 4.81. The fourth-order valence-corrected chi connectivity index (χ4v) is 3.05. The monoisotopic (exact) mass is 425 g/mol. The van der Waals surface area contributed by atoms with E-state index in [1.807, 2.05) is 13.8 Å². The highest BCUT2D eigenvalue weighted by molar-refractivity contribution is 6.30. The van der Waals surface area contributed by atoms with Crippen molar-refractivity contribution in [3.05, 3.63) is 29.3 Å². The third-order valence-electron chi connectivity index (χ3n) is 4.56. The first-order valence-corrected chi connectivity index (χ1v) is 10.3. The number of hydrogen-bond acceptors (Lipinski definition) is 6. The van der Waals surface area contributed by atoms with Gasteiger partial charge >= 0.3 is 18.0 Å². The topological polar surface area (TPSA) is 90.9 Å². The zero-order valence-electron chi connectivity index (χ0n) is 16.8. The summed E-state index contributed by atoms with van der Waals surface area (Å²) in [6.45, 7) is 3.86. The van der Waals surface area contributed by atoms with E-state index in [-0.39, 0.29) is 30.8 Å². The molecule has 0 heterocycles. The van der Waals surface area contributed by atoms with Crippen LogP contribution in [0.2, 0.25) is 5.02 Å². The summed E-state index contributed by atoms with van der Waals surface area (Å²) in [4.78, 5) is 35.9. The minimum atomic E-state index is -0.932. The molecule has 0 saturated heterocycles. The lowest BCUT2D eigenvalue weighted by Crippen LogP contribution is -2.36. The molecule has 1 aromatic rings. The molecule has 0 aliphatic heterocycles. The van der Waals surface area contributed by atoms with E-state index in [2.05, 4.69) is 5.32 Å². The van der Waals surface area contributed by atoms with Gasteiger partial charge in [-0.2, -0.15) is 0 Å². The summed E-state index contributed by atoms with van der Waals surface area (Å²) in [7, 11) is 0. The molecule has 1 aromatic carbocycles. The van der Waals surface area contributed by atoms with E-state index in [9.17, 15) is 14.4 Å². The van der Waals surface area contributed by atoms with Crippen molar-refractivity contribution in [3.8, 4) is 5.75 Å². The first kappa shape index (κ1) is 23.0. The molecule has 1 aliphatic carbocycles. The van der Waals surface area contributed by atoms with Gasteiger partial charge < -0.3 is 19.5 Å². The second kappa shape index (κ2) is 11.7. The number of hydrogen-bond donors (Lipinski definition) is 1. The van der Waals surface area contributed by atoms with Crippen LogP contribution in [-0.4, -0.2) is 30.9 Å². The number of nitrogens with one attached hydrogen (secondary N) is 1. The standard InChI is InChI=1S/C21H28ClNO6/c1-14(2)20(28-19(25)15-6-3-4-7-15)29-21(26)23-13-5-8-18(24)27-17-11-9-16(22)10-12-17/h9-12,14-15,20H,3-8,13H2,1-2H3,(H,23,26). The van der Waals surface area contributed by atoms with Gasteiger partial charge in [0.05, 0.1) is 5.92 Å². The first-order chi connectivity index (χ1) is 13.8. The second-order valence-corrected chi connectivity index (χ2v) is 7.83. The quantitative estimate of drug-likeness (QED) is 0.271. The highest BCUT2D eigenvalue weighted by Crippen LogP contribution is 2.27. The summed E-state index contributed by atoms with van der Waals surface area (Å²) in [5.74, 6) is -0.572. The lowest BCUT2D eigenvalue weighted by molar-refractivity contribution is -0.179. The molecular formula is C21H28ClNO6. The van der Waals surface area contributed by atoms with E-state index < -0.39 is 18.4 Å². The molecule has 1 unspecified atom stereocenters. The SMILES string of the molecule is CC(C)C(OC(=O)NCCCC(=O)Oc1ccc(Cl)cc1)OC(=O)C1CCCC1. The summed E-state index contributed by atoms with van der Waals surface area (Å²) in [5, 5.41) is 3.12. The molecule has 2 rings (SSSR count). The largest absolute Gasteiger partial charge is 0.427 e. The molecule has 0 radical (unpaired) electrons. The number of carbonyl (C=O) groups excluding carboxylic acids is 3. The van der Waals surface area contributed by atoms with Crippen LogP contribution < -0.4 is 10.1 Å². The van der Waals surface area contributed by atoms with Gasteiger partial charge in [0.25, 0.3) is 6.29 Å². The van der Waals surface area contributed by atoms with Gasteiger partial charge in [-0.3, -0.25) is 9.59 Å².